The molecule has 0 saturated heterocycles. The topological polar surface area (TPSA) is 67.4 Å². The van der Waals surface area contributed by atoms with Crippen molar-refractivity contribution < 1.29 is 14.3 Å². The number of benzene rings is 2. The molecule has 4 aliphatic carbocycles. The molecule has 2 aromatic carbocycles. The Morgan fingerprint density at radius 2 is 1.74 bits per heavy atom. The van der Waals surface area contributed by atoms with Crippen molar-refractivity contribution >= 4 is 40.9 Å². The maximum absolute atomic E-state index is 13.1. The van der Waals surface area contributed by atoms with Crippen molar-refractivity contribution in [2.45, 2.75) is 55.9 Å². The first-order chi connectivity index (χ1) is 16.3. The third-order valence-corrected chi connectivity index (χ3v) is 9.14. The quantitative estimate of drug-likeness (QED) is 0.453. The van der Waals surface area contributed by atoms with Gasteiger partial charge in [0.25, 0.3) is 5.91 Å². The highest BCUT2D eigenvalue weighted by Crippen LogP contribution is 2.55. The molecule has 0 aliphatic heterocycles. The minimum Gasteiger partial charge on any atom is -0.495 e. The number of nitrogens with one attached hydrogen (secondary N) is 2. The van der Waals surface area contributed by atoms with E-state index in [4.69, 9.17) is 16.3 Å². The molecule has 0 heterocycles. The molecule has 7 heteroatoms. The second kappa shape index (κ2) is 9.46. The van der Waals surface area contributed by atoms with Crippen LogP contribution in [0.15, 0.2) is 41.3 Å². The van der Waals surface area contributed by atoms with Gasteiger partial charge in [-0.2, -0.15) is 0 Å². The van der Waals surface area contributed by atoms with Crippen molar-refractivity contribution in [1.82, 2.24) is 5.32 Å². The molecular formula is C27H31ClN2O3S. The lowest BCUT2D eigenvalue weighted by molar-refractivity contribution is -0.124. The van der Waals surface area contributed by atoms with E-state index < -0.39 is 0 Å². The highest BCUT2D eigenvalue weighted by atomic mass is 35.5. The van der Waals surface area contributed by atoms with E-state index in [1.807, 2.05) is 25.1 Å². The summed E-state index contributed by atoms with van der Waals surface area (Å²) in [6.45, 7) is 1.88. The lowest BCUT2D eigenvalue weighted by Gasteiger charge is -2.56. The molecule has 2 aromatic rings. The van der Waals surface area contributed by atoms with Gasteiger partial charge in [0.2, 0.25) is 5.91 Å². The smallest absolute Gasteiger partial charge is 0.256 e. The van der Waals surface area contributed by atoms with E-state index in [-0.39, 0.29) is 17.4 Å². The van der Waals surface area contributed by atoms with Gasteiger partial charge in [-0.1, -0.05) is 23.7 Å². The zero-order chi connectivity index (χ0) is 23.9. The van der Waals surface area contributed by atoms with Crippen molar-refractivity contribution in [2.75, 3.05) is 18.2 Å². The van der Waals surface area contributed by atoms with Gasteiger partial charge in [0.15, 0.2) is 0 Å². The highest BCUT2D eigenvalue weighted by molar-refractivity contribution is 8.00. The van der Waals surface area contributed by atoms with E-state index in [1.54, 1.807) is 25.3 Å². The summed E-state index contributed by atoms with van der Waals surface area (Å²) < 4.78 is 5.38. The summed E-state index contributed by atoms with van der Waals surface area (Å²) >= 11 is 7.61. The molecule has 0 atom stereocenters. The summed E-state index contributed by atoms with van der Waals surface area (Å²) in [5.41, 5.74) is 1.95. The minimum absolute atomic E-state index is 0.00623. The molecule has 0 unspecified atom stereocenters. The van der Waals surface area contributed by atoms with Crippen molar-refractivity contribution in [2.24, 2.45) is 17.8 Å². The molecular weight excluding hydrogens is 468 g/mol. The number of methoxy groups -OCH3 is 1. The molecule has 6 rings (SSSR count). The third-order valence-electron chi connectivity index (χ3n) is 7.66. The van der Waals surface area contributed by atoms with Gasteiger partial charge in [0, 0.05) is 21.5 Å². The van der Waals surface area contributed by atoms with E-state index in [0.29, 0.717) is 27.8 Å². The Balaban J connectivity index is 1.24. The largest absolute Gasteiger partial charge is 0.495 e. The maximum atomic E-state index is 13.1. The molecule has 2 amide bonds. The number of carbonyl (C=O) groups is 2. The first-order valence-corrected chi connectivity index (χ1v) is 13.4. The molecule has 2 N–H and O–H groups in total. The number of halogens is 1. The Morgan fingerprint density at radius 1 is 1.09 bits per heavy atom. The predicted octanol–water partition coefficient (Wildman–Crippen LogP) is 6.09. The van der Waals surface area contributed by atoms with Crippen LogP contribution < -0.4 is 15.4 Å². The van der Waals surface area contributed by atoms with Crippen LogP contribution in [0.1, 0.15) is 54.4 Å². The van der Waals surface area contributed by atoms with Crippen LogP contribution in [0, 0.1) is 24.7 Å². The van der Waals surface area contributed by atoms with Crippen LogP contribution in [-0.4, -0.2) is 30.2 Å². The molecule has 0 radical (unpaired) electrons. The fourth-order valence-corrected chi connectivity index (χ4v) is 7.64. The van der Waals surface area contributed by atoms with Crippen molar-refractivity contribution in [3.8, 4) is 5.75 Å². The molecule has 4 saturated carbocycles. The molecule has 4 aliphatic rings. The average Bonchev–Trinajstić information content (AvgIpc) is 2.79. The van der Waals surface area contributed by atoms with Gasteiger partial charge in [-0.25, -0.2) is 0 Å². The molecule has 0 spiro atoms. The van der Waals surface area contributed by atoms with E-state index in [1.165, 1.54) is 31.0 Å². The predicted molar refractivity (Wildman–Crippen MR) is 137 cm³/mol. The minimum atomic E-state index is -0.246. The van der Waals surface area contributed by atoms with Gasteiger partial charge in [-0.15, -0.1) is 11.8 Å². The van der Waals surface area contributed by atoms with Crippen molar-refractivity contribution in [1.29, 1.82) is 0 Å². The summed E-state index contributed by atoms with van der Waals surface area (Å²) in [7, 11) is 1.54. The number of aryl methyl sites for hydroxylation is 1. The summed E-state index contributed by atoms with van der Waals surface area (Å²) in [5.74, 6) is 2.99. The highest BCUT2D eigenvalue weighted by Gasteiger charge is 2.51. The normalized spacial score (nSPS) is 26.9. The van der Waals surface area contributed by atoms with Gasteiger partial charge < -0.3 is 15.4 Å². The molecule has 0 aromatic heterocycles. The number of hydrogen-bond acceptors (Lipinski definition) is 4. The molecule has 5 nitrogen and oxygen atoms in total. The first-order valence-electron chi connectivity index (χ1n) is 12.0. The van der Waals surface area contributed by atoms with Gasteiger partial charge in [-0.3, -0.25) is 9.59 Å². The Hall–Kier alpha value is -2.18. The zero-order valence-corrected chi connectivity index (χ0v) is 21.2. The molecule has 180 valence electrons. The Labute approximate surface area is 210 Å². The number of thioether (sulfide) groups is 1. The summed E-state index contributed by atoms with van der Waals surface area (Å²) in [6.07, 6.45) is 7.46. The van der Waals surface area contributed by atoms with Crippen LogP contribution in [-0.2, 0) is 4.79 Å². The zero-order valence-electron chi connectivity index (χ0n) is 19.7. The van der Waals surface area contributed by atoms with Crippen molar-refractivity contribution in [3.05, 3.63) is 52.5 Å². The summed E-state index contributed by atoms with van der Waals surface area (Å²) in [6, 6.07) is 10.9. The second-order valence-corrected chi connectivity index (χ2v) is 11.7. The SMILES string of the molecule is COc1cc(Cl)c(C)cc1NC(=O)c1ccccc1SCC(=O)NC12CC3CC(CC(C3)C1)C2. The molecule has 4 fully saturated rings. The average molecular weight is 499 g/mol. The van der Waals surface area contributed by atoms with Crippen molar-refractivity contribution in [3.63, 3.8) is 0 Å². The third kappa shape index (κ3) is 4.80. The second-order valence-electron chi connectivity index (χ2n) is 10.3. The standard InChI is InChI=1S/C27H31ClN2O3S/c1-16-7-22(23(33-2)11-21(16)28)29-26(32)20-5-3-4-6-24(20)34-15-25(31)30-27-12-17-8-18(13-27)10-19(9-17)14-27/h3-7,11,17-19H,8-10,12-15H2,1-2H3,(H,29,32)(H,30,31). The Bertz CT molecular complexity index is 1080. The van der Waals surface area contributed by atoms with Crippen LogP contribution in [0.5, 0.6) is 5.75 Å². The molecule has 4 bridgehead atoms. The fraction of sp³-hybridized carbons (Fsp3) is 0.481. The Kier molecular flexibility index (Phi) is 6.56. The van der Waals surface area contributed by atoms with Crippen LogP contribution in [0.3, 0.4) is 0 Å². The van der Waals surface area contributed by atoms with Gasteiger partial charge in [-0.05, 0) is 87.0 Å². The molecule has 34 heavy (non-hydrogen) atoms. The first kappa shape index (κ1) is 23.6. The van der Waals surface area contributed by atoms with Crippen LogP contribution in [0.2, 0.25) is 5.02 Å². The number of hydrogen-bond donors (Lipinski definition) is 2. The maximum Gasteiger partial charge on any atom is 0.256 e. The number of ether oxygens (including phenoxy) is 1. The van der Waals surface area contributed by atoms with E-state index >= 15 is 0 Å². The lowest BCUT2D eigenvalue weighted by Crippen LogP contribution is -2.60. The van der Waals surface area contributed by atoms with Gasteiger partial charge >= 0.3 is 0 Å². The van der Waals surface area contributed by atoms with Crippen LogP contribution in [0.4, 0.5) is 5.69 Å². The lowest BCUT2D eigenvalue weighted by atomic mass is 9.53. The summed E-state index contributed by atoms with van der Waals surface area (Å²) in [5, 5.41) is 6.94. The van der Waals surface area contributed by atoms with Gasteiger partial charge in [0.1, 0.15) is 5.75 Å². The van der Waals surface area contributed by atoms with Crippen LogP contribution in [0.25, 0.3) is 0 Å². The number of amides is 2. The van der Waals surface area contributed by atoms with E-state index in [2.05, 4.69) is 10.6 Å². The number of rotatable bonds is 7. The van der Waals surface area contributed by atoms with Gasteiger partial charge in [0.05, 0.1) is 24.1 Å². The van der Waals surface area contributed by atoms with E-state index in [9.17, 15) is 9.59 Å². The van der Waals surface area contributed by atoms with Crippen LogP contribution >= 0.6 is 23.4 Å². The summed E-state index contributed by atoms with van der Waals surface area (Å²) in [4.78, 5) is 26.9. The Morgan fingerprint density at radius 3 is 2.38 bits per heavy atom. The fourth-order valence-electron chi connectivity index (χ4n) is 6.64. The monoisotopic (exact) mass is 498 g/mol. The number of carbonyl (C=O) groups excluding carboxylic acids is 2. The number of anilines is 1. The van der Waals surface area contributed by atoms with E-state index in [0.717, 1.165) is 47.5 Å².